The molecule has 0 aliphatic heterocycles. The normalized spacial score (nSPS) is 10.5. The maximum atomic E-state index is 5.81. The molecule has 0 aromatic carbocycles. The number of thiophene rings is 2. The Labute approximate surface area is 88.4 Å². The molecule has 0 radical (unpaired) electrons. The number of hydrogen-bond acceptors (Lipinski definition) is 2. The Balaban J connectivity index is 2.43. The number of rotatable bonds is 1. The molecule has 0 aliphatic rings. The van der Waals surface area contributed by atoms with E-state index in [1.165, 1.54) is 22.7 Å². The van der Waals surface area contributed by atoms with Crippen LogP contribution >= 0.6 is 45.9 Å². The Hall–Kier alpha value is -0.0200. The molecule has 2 aromatic rings. The molecule has 0 N–H and O–H groups in total. The van der Waals surface area contributed by atoms with Crippen LogP contribution in [0.2, 0.25) is 8.67 Å². The highest BCUT2D eigenvalue weighted by molar-refractivity contribution is 7.15. The Morgan fingerprint density at radius 1 is 0.833 bits per heavy atom. The minimum atomic E-state index is 0.812. The van der Waals surface area contributed by atoms with Gasteiger partial charge < -0.3 is 0 Å². The topological polar surface area (TPSA) is 0 Å². The summed E-state index contributed by atoms with van der Waals surface area (Å²) in [6.45, 7) is 0. The first-order valence-electron chi connectivity index (χ1n) is 3.24. The largest absolute Gasteiger partial charge is 0.131 e. The fourth-order valence-electron chi connectivity index (χ4n) is 0.923. The summed E-state index contributed by atoms with van der Waals surface area (Å²) in [7, 11) is 0. The minimum absolute atomic E-state index is 0.812. The van der Waals surface area contributed by atoms with E-state index in [0.717, 1.165) is 19.8 Å². The van der Waals surface area contributed by atoms with Crippen LogP contribution in [-0.2, 0) is 0 Å². The Morgan fingerprint density at radius 3 is 1.50 bits per heavy atom. The van der Waals surface area contributed by atoms with Gasteiger partial charge in [0.1, 0.15) is 0 Å². The zero-order valence-electron chi connectivity index (χ0n) is 5.88. The second kappa shape index (κ2) is 3.38. The lowest BCUT2D eigenvalue weighted by molar-refractivity contribution is 1.84. The van der Waals surface area contributed by atoms with Crippen LogP contribution in [0.25, 0.3) is 11.1 Å². The van der Waals surface area contributed by atoms with Gasteiger partial charge in [0.25, 0.3) is 0 Å². The molecule has 0 saturated carbocycles. The van der Waals surface area contributed by atoms with Gasteiger partial charge in [-0.2, -0.15) is 0 Å². The first kappa shape index (κ1) is 8.57. The van der Waals surface area contributed by atoms with Gasteiger partial charge in [0.05, 0.1) is 8.67 Å². The molecule has 0 unspecified atom stereocenters. The van der Waals surface area contributed by atoms with Crippen molar-refractivity contribution < 1.29 is 0 Å². The van der Waals surface area contributed by atoms with Gasteiger partial charge >= 0.3 is 0 Å². The van der Waals surface area contributed by atoms with Gasteiger partial charge in [-0.25, -0.2) is 0 Å². The average Bonchev–Trinajstić information content (AvgIpc) is 2.58. The summed E-state index contributed by atoms with van der Waals surface area (Å²) in [4.78, 5) is 0. The summed E-state index contributed by atoms with van der Waals surface area (Å²) >= 11 is 14.7. The van der Waals surface area contributed by atoms with E-state index in [9.17, 15) is 0 Å². The first-order valence-corrected chi connectivity index (χ1v) is 5.75. The van der Waals surface area contributed by atoms with Crippen LogP contribution in [0, 0.1) is 0 Å². The van der Waals surface area contributed by atoms with Gasteiger partial charge in [-0.05, 0) is 23.3 Å². The zero-order valence-corrected chi connectivity index (χ0v) is 9.03. The summed E-state index contributed by atoms with van der Waals surface area (Å²) in [5.74, 6) is 0. The van der Waals surface area contributed by atoms with E-state index in [4.69, 9.17) is 23.2 Å². The highest BCUT2D eigenvalue weighted by atomic mass is 35.5. The predicted octanol–water partition coefficient (Wildman–Crippen LogP) is 4.78. The fraction of sp³-hybridized carbons (Fsp3) is 0. The van der Waals surface area contributed by atoms with E-state index in [1.54, 1.807) is 0 Å². The van der Waals surface area contributed by atoms with E-state index in [2.05, 4.69) is 0 Å². The number of hydrogen-bond donors (Lipinski definition) is 0. The first-order chi connectivity index (χ1) is 5.75. The molecule has 2 heterocycles. The van der Waals surface area contributed by atoms with Crippen LogP contribution in [0.1, 0.15) is 0 Å². The fourth-order valence-corrected chi connectivity index (χ4v) is 2.70. The molecule has 2 aromatic heterocycles. The summed E-state index contributed by atoms with van der Waals surface area (Å²) in [6.07, 6.45) is 0. The molecule has 0 amide bonds. The molecule has 12 heavy (non-hydrogen) atoms. The standard InChI is InChI=1S/C8H4Cl2S2/c9-7-1-5(3-11-7)6-2-8(10)12-4-6/h1-4H. The minimum Gasteiger partial charge on any atom is -0.131 e. The van der Waals surface area contributed by atoms with Crippen LogP contribution in [0.15, 0.2) is 22.9 Å². The van der Waals surface area contributed by atoms with Crippen molar-refractivity contribution in [2.24, 2.45) is 0 Å². The smallest absolute Gasteiger partial charge is 0.0934 e. The van der Waals surface area contributed by atoms with E-state index < -0.39 is 0 Å². The maximum absolute atomic E-state index is 5.81. The van der Waals surface area contributed by atoms with Gasteiger partial charge in [0, 0.05) is 10.8 Å². The predicted molar refractivity (Wildman–Crippen MR) is 57.7 cm³/mol. The zero-order chi connectivity index (χ0) is 8.55. The van der Waals surface area contributed by atoms with Crippen molar-refractivity contribution in [1.82, 2.24) is 0 Å². The maximum Gasteiger partial charge on any atom is 0.0934 e. The quantitative estimate of drug-likeness (QED) is 0.667. The molecule has 0 nitrogen and oxygen atoms in total. The summed E-state index contributed by atoms with van der Waals surface area (Å²) in [6, 6.07) is 3.90. The molecular formula is C8H4Cl2S2. The average molecular weight is 235 g/mol. The van der Waals surface area contributed by atoms with Crippen molar-refractivity contribution in [3.63, 3.8) is 0 Å². The SMILES string of the molecule is Clc1cc(-c2csc(Cl)c2)cs1. The molecule has 0 spiro atoms. The Morgan fingerprint density at radius 2 is 1.25 bits per heavy atom. The molecule has 0 saturated heterocycles. The van der Waals surface area contributed by atoms with E-state index in [1.807, 2.05) is 22.9 Å². The molecule has 0 aliphatic carbocycles. The third kappa shape index (κ3) is 1.67. The summed E-state index contributed by atoms with van der Waals surface area (Å²) in [5.41, 5.74) is 2.29. The highest BCUT2D eigenvalue weighted by Gasteiger charge is 2.02. The van der Waals surface area contributed by atoms with Crippen molar-refractivity contribution in [3.05, 3.63) is 31.6 Å². The van der Waals surface area contributed by atoms with Gasteiger partial charge in [0.15, 0.2) is 0 Å². The summed E-state index contributed by atoms with van der Waals surface area (Å²) < 4.78 is 1.62. The highest BCUT2D eigenvalue weighted by Crippen LogP contribution is 2.33. The Bertz CT molecular complexity index is 351. The van der Waals surface area contributed by atoms with Crippen LogP contribution in [0.4, 0.5) is 0 Å². The van der Waals surface area contributed by atoms with Crippen molar-refractivity contribution in [2.75, 3.05) is 0 Å². The van der Waals surface area contributed by atoms with Gasteiger partial charge in [-0.3, -0.25) is 0 Å². The molecule has 0 fully saturated rings. The molecular weight excluding hydrogens is 231 g/mol. The van der Waals surface area contributed by atoms with Gasteiger partial charge in [0.2, 0.25) is 0 Å². The van der Waals surface area contributed by atoms with Crippen LogP contribution < -0.4 is 0 Å². The molecule has 62 valence electrons. The van der Waals surface area contributed by atoms with E-state index in [-0.39, 0.29) is 0 Å². The second-order valence-electron chi connectivity index (χ2n) is 2.28. The lowest BCUT2D eigenvalue weighted by Crippen LogP contribution is -1.62. The molecule has 4 heteroatoms. The van der Waals surface area contributed by atoms with Gasteiger partial charge in [-0.1, -0.05) is 23.2 Å². The van der Waals surface area contributed by atoms with Gasteiger partial charge in [-0.15, -0.1) is 22.7 Å². The molecule has 0 atom stereocenters. The lowest BCUT2D eigenvalue weighted by Gasteiger charge is -1.86. The van der Waals surface area contributed by atoms with E-state index in [0.29, 0.717) is 0 Å². The third-order valence-electron chi connectivity index (χ3n) is 1.47. The van der Waals surface area contributed by atoms with Crippen molar-refractivity contribution >= 4 is 45.9 Å². The third-order valence-corrected chi connectivity index (χ3v) is 3.65. The van der Waals surface area contributed by atoms with Crippen molar-refractivity contribution in [3.8, 4) is 11.1 Å². The number of halogens is 2. The van der Waals surface area contributed by atoms with Crippen molar-refractivity contribution in [1.29, 1.82) is 0 Å². The monoisotopic (exact) mass is 234 g/mol. The molecule has 2 rings (SSSR count). The van der Waals surface area contributed by atoms with Crippen molar-refractivity contribution in [2.45, 2.75) is 0 Å². The van der Waals surface area contributed by atoms with Crippen LogP contribution in [0.3, 0.4) is 0 Å². The Kier molecular flexibility index (Phi) is 2.42. The molecule has 0 bridgehead atoms. The van der Waals surface area contributed by atoms with E-state index >= 15 is 0 Å². The summed E-state index contributed by atoms with van der Waals surface area (Å²) in [5, 5.41) is 4.06. The second-order valence-corrected chi connectivity index (χ2v) is 5.36. The van der Waals surface area contributed by atoms with Crippen LogP contribution in [-0.4, -0.2) is 0 Å². The lowest BCUT2D eigenvalue weighted by atomic mass is 10.2. The van der Waals surface area contributed by atoms with Crippen LogP contribution in [0.5, 0.6) is 0 Å².